The molecule has 0 amide bonds. The predicted octanol–water partition coefficient (Wildman–Crippen LogP) is 2.76. The van der Waals surface area contributed by atoms with Gasteiger partial charge in [-0.3, -0.25) is 4.90 Å². The average molecular weight is 236 g/mol. The molecular weight excluding hydrogens is 208 g/mol. The van der Waals surface area contributed by atoms with Gasteiger partial charge in [0.2, 0.25) is 0 Å². The molecule has 0 aromatic rings. The van der Waals surface area contributed by atoms with Gasteiger partial charge in [0.25, 0.3) is 0 Å². The lowest BCUT2D eigenvalue weighted by atomic mass is 9.78. The molecule has 2 rings (SSSR count). The molecule has 2 aliphatic rings. The minimum atomic E-state index is 0.652. The van der Waals surface area contributed by atoms with Gasteiger partial charge in [-0.15, -0.1) is 0 Å². The first-order valence-electron chi connectivity index (χ1n) is 7.29. The van der Waals surface area contributed by atoms with E-state index in [0.717, 1.165) is 13.0 Å². The van der Waals surface area contributed by atoms with Crippen LogP contribution in [0.15, 0.2) is 12.2 Å². The molecule has 0 atom stereocenters. The third kappa shape index (κ3) is 3.11. The number of nitrogens with zero attached hydrogens (tertiary/aromatic N) is 2. The van der Waals surface area contributed by atoms with Crippen LogP contribution in [0.5, 0.6) is 0 Å². The third-order valence-corrected chi connectivity index (χ3v) is 4.83. The highest BCUT2D eigenvalue weighted by Gasteiger charge is 2.39. The van der Waals surface area contributed by atoms with Crippen molar-refractivity contribution in [1.29, 1.82) is 0 Å². The summed E-state index contributed by atoms with van der Waals surface area (Å²) in [5.41, 5.74) is 2.05. The van der Waals surface area contributed by atoms with E-state index in [4.69, 9.17) is 0 Å². The predicted molar refractivity (Wildman–Crippen MR) is 74.3 cm³/mol. The van der Waals surface area contributed by atoms with Crippen molar-refractivity contribution in [2.45, 2.75) is 39.5 Å². The standard InChI is InChI=1S/C15H28N2/c1-4-14(3)12-17-11-8-15(13-17)6-9-16(5-2)10-7-15/h3-13H2,1-2H3. The van der Waals surface area contributed by atoms with Crippen molar-refractivity contribution in [3.8, 4) is 0 Å². The maximum atomic E-state index is 4.15. The highest BCUT2D eigenvalue weighted by Crippen LogP contribution is 2.40. The molecule has 2 heteroatoms. The fourth-order valence-corrected chi connectivity index (χ4v) is 3.34. The summed E-state index contributed by atoms with van der Waals surface area (Å²) in [6, 6.07) is 0. The van der Waals surface area contributed by atoms with E-state index in [2.05, 4.69) is 30.2 Å². The summed E-state index contributed by atoms with van der Waals surface area (Å²) in [6.07, 6.45) is 5.38. The van der Waals surface area contributed by atoms with Gasteiger partial charge in [-0.1, -0.05) is 26.0 Å². The second-order valence-electron chi connectivity index (χ2n) is 6.00. The Morgan fingerprint density at radius 1 is 1.06 bits per heavy atom. The molecule has 2 saturated heterocycles. The summed E-state index contributed by atoms with van der Waals surface area (Å²) in [6.45, 7) is 16.3. The van der Waals surface area contributed by atoms with Crippen LogP contribution in [0.1, 0.15) is 39.5 Å². The van der Waals surface area contributed by atoms with E-state index in [1.165, 1.54) is 57.6 Å². The highest BCUT2D eigenvalue weighted by molar-refractivity contribution is 5.01. The summed E-state index contributed by atoms with van der Waals surface area (Å²) < 4.78 is 0. The molecule has 98 valence electrons. The molecule has 0 aromatic heterocycles. The van der Waals surface area contributed by atoms with E-state index < -0.39 is 0 Å². The Hall–Kier alpha value is -0.340. The Balaban J connectivity index is 1.83. The number of rotatable bonds is 4. The minimum Gasteiger partial charge on any atom is -0.304 e. The van der Waals surface area contributed by atoms with E-state index in [1.54, 1.807) is 0 Å². The Morgan fingerprint density at radius 3 is 2.18 bits per heavy atom. The van der Waals surface area contributed by atoms with Crippen LogP contribution in [0.3, 0.4) is 0 Å². The van der Waals surface area contributed by atoms with Gasteiger partial charge in [0.15, 0.2) is 0 Å². The normalized spacial score (nSPS) is 25.5. The minimum absolute atomic E-state index is 0.652. The zero-order valence-electron chi connectivity index (χ0n) is 11.7. The highest BCUT2D eigenvalue weighted by atomic mass is 15.2. The van der Waals surface area contributed by atoms with Gasteiger partial charge in [-0.2, -0.15) is 0 Å². The smallest absolute Gasteiger partial charge is 0.0190 e. The molecule has 2 fully saturated rings. The lowest BCUT2D eigenvalue weighted by molar-refractivity contribution is 0.113. The third-order valence-electron chi connectivity index (χ3n) is 4.83. The van der Waals surface area contributed by atoms with E-state index in [-0.39, 0.29) is 0 Å². The average Bonchev–Trinajstić information content (AvgIpc) is 2.73. The van der Waals surface area contributed by atoms with Gasteiger partial charge in [-0.25, -0.2) is 0 Å². The number of hydrogen-bond donors (Lipinski definition) is 0. The first kappa shape index (κ1) is 13.1. The van der Waals surface area contributed by atoms with Crippen LogP contribution >= 0.6 is 0 Å². The molecule has 2 aliphatic heterocycles. The summed E-state index contributed by atoms with van der Waals surface area (Å²) in [7, 11) is 0. The summed E-state index contributed by atoms with van der Waals surface area (Å²) in [5, 5.41) is 0. The molecule has 1 spiro atoms. The Kier molecular flexibility index (Phi) is 4.26. The molecule has 0 saturated carbocycles. The Morgan fingerprint density at radius 2 is 1.65 bits per heavy atom. The second kappa shape index (κ2) is 5.53. The van der Waals surface area contributed by atoms with Gasteiger partial charge in [0, 0.05) is 13.1 Å². The molecule has 0 aliphatic carbocycles. The fourth-order valence-electron chi connectivity index (χ4n) is 3.34. The van der Waals surface area contributed by atoms with Crippen LogP contribution in [0.25, 0.3) is 0 Å². The summed E-state index contributed by atoms with van der Waals surface area (Å²) in [5.74, 6) is 0. The number of piperidine rings is 1. The molecule has 0 bridgehead atoms. The molecule has 2 nitrogen and oxygen atoms in total. The zero-order valence-corrected chi connectivity index (χ0v) is 11.7. The Bertz CT molecular complexity index is 264. The lowest BCUT2D eigenvalue weighted by Gasteiger charge is -2.39. The van der Waals surface area contributed by atoms with Crippen molar-refractivity contribution in [3.05, 3.63) is 12.2 Å². The quantitative estimate of drug-likeness (QED) is 0.693. The maximum Gasteiger partial charge on any atom is 0.0190 e. The number of hydrogen-bond acceptors (Lipinski definition) is 2. The van der Waals surface area contributed by atoms with Crippen molar-refractivity contribution >= 4 is 0 Å². The summed E-state index contributed by atoms with van der Waals surface area (Å²) in [4.78, 5) is 5.23. The monoisotopic (exact) mass is 236 g/mol. The van der Waals surface area contributed by atoms with Crippen molar-refractivity contribution in [2.75, 3.05) is 39.3 Å². The van der Waals surface area contributed by atoms with Crippen LogP contribution in [0, 0.1) is 5.41 Å². The van der Waals surface area contributed by atoms with Crippen LogP contribution in [-0.4, -0.2) is 49.1 Å². The van der Waals surface area contributed by atoms with Crippen molar-refractivity contribution in [2.24, 2.45) is 5.41 Å². The van der Waals surface area contributed by atoms with Gasteiger partial charge < -0.3 is 4.90 Å². The van der Waals surface area contributed by atoms with E-state index in [1.807, 2.05) is 0 Å². The second-order valence-corrected chi connectivity index (χ2v) is 6.00. The van der Waals surface area contributed by atoms with Crippen LogP contribution < -0.4 is 0 Å². The van der Waals surface area contributed by atoms with Crippen molar-refractivity contribution in [1.82, 2.24) is 9.80 Å². The fraction of sp³-hybridized carbons (Fsp3) is 0.867. The molecule has 0 N–H and O–H groups in total. The lowest BCUT2D eigenvalue weighted by Crippen LogP contribution is -2.41. The largest absolute Gasteiger partial charge is 0.304 e. The first-order chi connectivity index (χ1) is 8.17. The van der Waals surface area contributed by atoms with Crippen LogP contribution in [-0.2, 0) is 0 Å². The SMILES string of the molecule is C=C(CC)CN1CCC2(CCN(CC)CC2)C1. The first-order valence-corrected chi connectivity index (χ1v) is 7.29. The van der Waals surface area contributed by atoms with E-state index in [9.17, 15) is 0 Å². The Labute approximate surface area is 107 Å². The molecular formula is C15H28N2. The molecule has 2 heterocycles. The van der Waals surface area contributed by atoms with Gasteiger partial charge >= 0.3 is 0 Å². The zero-order chi connectivity index (χ0) is 12.3. The number of likely N-dealkylation sites (tertiary alicyclic amines) is 2. The van der Waals surface area contributed by atoms with Crippen LogP contribution in [0.2, 0.25) is 0 Å². The van der Waals surface area contributed by atoms with Gasteiger partial charge in [-0.05, 0) is 57.3 Å². The van der Waals surface area contributed by atoms with Crippen LogP contribution in [0.4, 0.5) is 0 Å². The molecule has 0 radical (unpaired) electrons. The van der Waals surface area contributed by atoms with Crippen molar-refractivity contribution < 1.29 is 0 Å². The molecule has 17 heavy (non-hydrogen) atoms. The van der Waals surface area contributed by atoms with E-state index >= 15 is 0 Å². The van der Waals surface area contributed by atoms with Gasteiger partial charge in [0.1, 0.15) is 0 Å². The van der Waals surface area contributed by atoms with Crippen molar-refractivity contribution in [3.63, 3.8) is 0 Å². The maximum absolute atomic E-state index is 4.15. The van der Waals surface area contributed by atoms with Gasteiger partial charge in [0.05, 0.1) is 0 Å². The molecule has 0 unspecified atom stereocenters. The topological polar surface area (TPSA) is 6.48 Å². The van der Waals surface area contributed by atoms with E-state index in [0.29, 0.717) is 5.41 Å². The molecule has 0 aromatic carbocycles. The summed E-state index contributed by atoms with van der Waals surface area (Å²) >= 11 is 0.